The lowest BCUT2D eigenvalue weighted by Gasteiger charge is -2.24. The van der Waals surface area contributed by atoms with Gasteiger partial charge in [-0.25, -0.2) is 0 Å². The fourth-order valence-electron chi connectivity index (χ4n) is 2.44. The van der Waals surface area contributed by atoms with E-state index in [2.05, 4.69) is 12.2 Å². The lowest BCUT2D eigenvalue weighted by Crippen LogP contribution is -2.31. The third kappa shape index (κ3) is 4.19. The molecule has 1 aliphatic rings. The first-order valence-electron chi connectivity index (χ1n) is 7.50. The van der Waals surface area contributed by atoms with Crippen LogP contribution < -0.4 is 10.1 Å². The molecule has 1 heterocycles. The van der Waals surface area contributed by atoms with Crippen LogP contribution in [0.5, 0.6) is 5.75 Å². The summed E-state index contributed by atoms with van der Waals surface area (Å²) >= 11 is 0. The van der Waals surface area contributed by atoms with E-state index in [1.54, 1.807) is 7.11 Å². The molecular formula is C16H24N2O3. The van der Waals surface area contributed by atoms with Crippen molar-refractivity contribution in [3.8, 4) is 5.75 Å². The Bertz CT molecular complexity index is 447. The van der Waals surface area contributed by atoms with Crippen LogP contribution in [-0.4, -0.2) is 44.2 Å². The Balaban J connectivity index is 1.99. The predicted molar refractivity (Wildman–Crippen MR) is 81.2 cm³/mol. The van der Waals surface area contributed by atoms with Gasteiger partial charge in [0.1, 0.15) is 11.9 Å². The number of rotatable bonds is 8. The molecule has 5 heteroatoms. The van der Waals surface area contributed by atoms with Gasteiger partial charge in [-0.2, -0.15) is 0 Å². The van der Waals surface area contributed by atoms with Gasteiger partial charge in [-0.05, 0) is 30.5 Å². The van der Waals surface area contributed by atoms with E-state index in [1.807, 2.05) is 29.2 Å². The van der Waals surface area contributed by atoms with Gasteiger partial charge in [-0.15, -0.1) is 0 Å². The molecule has 1 amide bonds. The highest BCUT2D eigenvalue weighted by Crippen LogP contribution is 2.24. The molecule has 1 saturated heterocycles. The Hall–Kier alpha value is -1.59. The van der Waals surface area contributed by atoms with Gasteiger partial charge >= 0.3 is 0 Å². The molecule has 2 rings (SSSR count). The third-order valence-electron chi connectivity index (χ3n) is 3.49. The van der Waals surface area contributed by atoms with Gasteiger partial charge in [0.2, 0.25) is 5.91 Å². The molecule has 116 valence electrons. The van der Waals surface area contributed by atoms with Crippen LogP contribution in [0.2, 0.25) is 0 Å². The van der Waals surface area contributed by atoms with Crippen LogP contribution >= 0.6 is 0 Å². The molecule has 1 aliphatic heterocycles. The number of methoxy groups -OCH3 is 1. The fraction of sp³-hybridized carbons (Fsp3) is 0.562. The number of amides is 1. The number of ether oxygens (including phenoxy) is 2. The minimum Gasteiger partial charge on any atom is -0.494 e. The number of carbonyl (C=O) groups excluding carboxylic acids is 1. The summed E-state index contributed by atoms with van der Waals surface area (Å²) in [5, 5.41) is 3.26. The van der Waals surface area contributed by atoms with Gasteiger partial charge in [-0.1, -0.05) is 19.1 Å². The quantitative estimate of drug-likeness (QED) is 0.744. The van der Waals surface area contributed by atoms with E-state index in [4.69, 9.17) is 9.47 Å². The molecule has 1 aromatic rings. The zero-order valence-corrected chi connectivity index (χ0v) is 12.8. The van der Waals surface area contributed by atoms with Gasteiger partial charge < -0.3 is 14.4 Å². The van der Waals surface area contributed by atoms with Crippen LogP contribution in [0.1, 0.15) is 31.5 Å². The molecule has 1 atom stereocenters. The predicted octanol–water partition coefficient (Wildman–Crippen LogP) is 1.94. The fourth-order valence-corrected chi connectivity index (χ4v) is 2.44. The Morgan fingerprint density at radius 1 is 1.29 bits per heavy atom. The van der Waals surface area contributed by atoms with E-state index in [0.29, 0.717) is 19.7 Å². The monoisotopic (exact) mass is 292 g/mol. The molecule has 0 spiro atoms. The van der Waals surface area contributed by atoms with Crippen molar-refractivity contribution in [3.63, 3.8) is 0 Å². The lowest BCUT2D eigenvalue weighted by atomic mass is 10.1. The topological polar surface area (TPSA) is 50.8 Å². The molecular weight excluding hydrogens is 268 g/mol. The summed E-state index contributed by atoms with van der Waals surface area (Å²) in [7, 11) is 1.68. The second-order valence-electron chi connectivity index (χ2n) is 5.13. The molecule has 1 aromatic carbocycles. The van der Waals surface area contributed by atoms with Crippen LogP contribution in [0.4, 0.5) is 0 Å². The van der Waals surface area contributed by atoms with Gasteiger partial charge in [0.25, 0.3) is 0 Å². The first-order valence-corrected chi connectivity index (χ1v) is 7.50. The average molecular weight is 292 g/mol. The Labute approximate surface area is 126 Å². The van der Waals surface area contributed by atoms with Crippen molar-refractivity contribution < 1.29 is 14.3 Å². The maximum absolute atomic E-state index is 12.0. The van der Waals surface area contributed by atoms with Crippen molar-refractivity contribution >= 4 is 5.91 Å². The minimum atomic E-state index is -0.0467. The summed E-state index contributed by atoms with van der Waals surface area (Å²) in [5.74, 6) is 1.01. The van der Waals surface area contributed by atoms with Crippen molar-refractivity contribution in [1.29, 1.82) is 0 Å². The smallest absolute Gasteiger partial charge is 0.238 e. The highest BCUT2D eigenvalue weighted by atomic mass is 16.5. The summed E-state index contributed by atoms with van der Waals surface area (Å²) in [6, 6.07) is 7.96. The van der Waals surface area contributed by atoms with E-state index >= 15 is 0 Å². The Morgan fingerprint density at radius 2 is 2.05 bits per heavy atom. The minimum absolute atomic E-state index is 0.0467. The molecule has 0 radical (unpaired) electrons. The SMILES string of the molecule is CCCOc1ccc(C2NCC(=O)N2CCCOC)cc1. The number of nitrogens with one attached hydrogen (secondary N) is 1. The molecule has 1 fully saturated rings. The number of hydrogen-bond acceptors (Lipinski definition) is 4. The number of nitrogens with zero attached hydrogens (tertiary/aromatic N) is 1. The molecule has 1 N–H and O–H groups in total. The Kier molecular flexibility index (Phi) is 6.02. The van der Waals surface area contributed by atoms with Crippen molar-refractivity contribution in [2.24, 2.45) is 0 Å². The van der Waals surface area contributed by atoms with Gasteiger partial charge in [0, 0.05) is 20.3 Å². The van der Waals surface area contributed by atoms with Crippen LogP contribution in [-0.2, 0) is 9.53 Å². The van der Waals surface area contributed by atoms with Crippen molar-refractivity contribution in [2.75, 3.05) is 33.4 Å². The molecule has 5 nitrogen and oxygen atoms in total. The number of carbonyl (C=O) groups is 1. The van der Waals surface area contributed by atoms with Crippen LogP contribution in [0.25, 0.3) is 0 Å². The van der Waals surface area contributed by atoms with Crippen LogP contribution in [0.15, 0.2) is 24.3 Å². The molecule has 21 heavy (non-hydrogen) atoms. The van der Waals surface area contributed by atoms with E-state index in [-0.39, 0.29) is 12.1 Å². The maximum atomic E-state index is 12.0. The number of benzene rings is 1. The van der Waals surface area contributed by atoms with Crippen molar-refractivity contribution in [3.05, 3.63) is 29.8 Å². The summed E-state index contributed by atoms with van der Waals surface area (Å²) in [4.78, 5) is 13.8. The van der Waals surface area contributed by atoms with Gasteiger partial charge in [0.05, 0.1) is 13.2 Å². The van der Waals surface area contributed by atoms with E-state index < -0.39 is 0 Å². The summed E-state index contributed by atoms with van der Waals surface area (Å²) in [6.07, 6.45) is 1.79. The highest BCUT2D eigenvalue weighted by molar-refractivity contribution is 5.80. The Morgan fingerprint density at radius 3 is 2.71 bits per heavy atom. The largest absolute Gasteiger partial charge is 0.494 e. The highest BCUT2D eigenvalue weighted by Gasteiger charge is 2.30. The molecule has 1 unspecified atom stereocenters. The lowest BCUT2D eigenvalue weighted by molar-refractivity contribution is -0.128. The van der Waals surface area contributed by atoms with Gasteiger partial charge in [0.15, 0.2) is 0 Å². The van der Waals surface area contributed by atoms with Crippen molar-refractivity contribution in [2.45, 2.75) is 25.9 Å². The van der Waals surface area contributed by atoms with Gasteiger partial charge in [-0.3, -0.25) is 10.1 Å². The van der Waals surface area contributed by atoms with Crippen LogP contribution in [0.3, 0.4) is 0 Å². The first-order chi connectivity index (χ1) is 10.3. The maximum Gasteiger partial charge on any atom is 0.238 e. The van der Waals surface area contributed by atoms with Crippen LogP contribution in [0, 0.1) is 0 Å². The number of hydrogen-bond donors (Lipinski definition) is 1. The standard InChI is InChI=1S/C16H24N2O3/c1-3-10-21-14-7-5-13(6-8-14)16-17-12-15(19)18(16)9-4-11-20-2/h5-8,16-17H,3-4,9-12H2,1-2H3. The zero-order valence-electron chi connectivity index (χ0n) is 12.8. The summed E-state index contributed by atoms with van der Waals surface area (Å²) in [6.45, 7) is 4.58. The molecule has 0 bridgehead atoms. The molecule has 0 saturated carbocycles. The van der Waals surface area contributed by atoms with Crippen molar-refractivity contribution in [1.82, 2.24) is 10.2 Å². The van der Waals surface area contributed by atoms with E-state index in [9.17, 15) is 4.79 Å². The van der Waals surface area contributed by atoms with E-state index in [0.717, 1.165) is 30.8 Å². The second kappa shape index (κ2) is 8.00. The second-order valence-corrected chi connectivity index (χ2v) is 5.13. The normalized spacial score (nSPS) is 18.3. The van der Waals surface area contributed by atoms with E-state index in [1.165, 1.54) is 0 Å². The average Bonchev–Trinajstić information content (AvgIpc) is 2.87. The zero-order chi connectivity index (χ0) is 15.1. The molecule has 0 aromatic heterocycles. The summed E-state index contributed by atoms with van der Waals surface area (Å²) < 4.78 is 10.6. The molecule has 0 aliphatic carbocycles. The third-order valence-corrected chi connectivity index (χ3v) is 3.49. The summed E-state index contributed by atoms with van der Waals surface area (Å²) in [5.41, 5.74) is 1.09. The first kappa shape index (κ1) is 15.8.